The van der Waals surface area contributed by atoms with Gasteiger partial charge in [0.05, 0.1) is 13.2 Å². The molecule has 0 spiro atoms. The largest absolute Gasteiger partial charge is 0.491 e. The monoisotopic (exact) mass is 223 g/mol. The summed E-state index contributed by atoms with van der Waals surface area (Å²) < 4.78 is 10.9. The summed E-state index contributed by atoms with van der Waals surface area (Å²) in [5, 5.41) is 0. The van der Waals surface area contributed by atoms with Crippen LogP contribution in [0.4, 0.5) is 0 Å². The Balaban J connectivity index is 2.47. The fourth-order valence-corrected chi connectivity index (χ4v) is 1.55. The number of hydrogen-bond acceptors (Lipinski definition) is 3. The predicted octanol–water partition coefficient (Wildman–Crippen LogP) is 1.97. The van der Waals surface area contributed by atoms with E-state index in [0.29, 0.717) is 26.4 Å². The number of hydrogen-bond donors (Lipinski definition) is 1. The molecule has 0 aliphatic heterocycles. The third-order valence-electron chi connectivity index (χ3n) is 2.51. The second-order valence-corrected chi connectivity index (χ2v) is 3.95. The van der Waals surface area contributed by atoms with Gasteiger partial charge in [-0.15, -0.1) is 0 Å². The normalized spacial score (nSPS) is 10.5. The zero-order valence-electron chi connectivity index (χ0n) is 10.4. The van der Waals surface area contributed by atoms with Crippen molar-refractivity contribution in [2.75, 3.05) is 26.4 Å². The van der Waals surface area contributed by atoms with Gasteiger partial charge in [0, 0.05) is 6.54 Å². The minimum atomic E-state index is 0.558. The van der Waals surface area contributed by atoms with E-state index in [4.69, 9.17) is 15.2 Å². The number of rotatable bonds is 6. The highest BCUT2D eigenvalue weighted by atomic mass is 16.5. The van der Waals surface area contributed by atoms with Crippen molar-refractivity contribution in [2.45, 2.75) is 20.8 Å². The van der Waals surface area contributed by atoms with E-state index in [1.54, 1.807) is 0 Å². The smallest absolute Gasteiger partial charge is 0.122 e. The molecule has 0 unspecified atom stereocenters. The highest BCUT2D eigenvalue weighted by Gasteiger charge is 2.03. The highest BCUT2D eigenvalue weighted by Crippen LogP contribution is 2.22. The molecular formula is C13H21NO2. The van der Waals surface area contributed by atoms with Crippen LogP contribution in [0, 0.1) is 20.8 Å². The van der Waals surface area contributed by atoms with Gasteiger partial charge in [-0.3, -0.25) is 0 Å². The third kappa shape index (κ3) is 3.83. The van der Waals surface area contributed by atoms with Gasteiger partial charge in [0.15, 0.2) is 0 Å². The number of nitrogens with two attached hydrogens (primary N) is 1. The van der Waals surface area contributed by atoms with E-state index < -0.39 is 0 Å². The Hall–Kier alpha value is -1.06. The van der Waals surface area contributed by atoms with Crippen molar-refractivity contribution in [1.82, 2.24) is 0 Å². The summed E-state index contributed by atoms with van der Waals surface area (Å²) in [5.41, 5.74) is 9.00. The summed E-state index contributed by atoms with van der Waals surface area (Å²) in [6.07, 6.45) is 0. The van der Waals surface area contributed by atoms with Crippen LogP contribution in [0.15, 0.2) is 12.1 Å². The molecule has 0 radical (unpaired) electrons. The molecule has 1 rings (SSSR count). The molecule has 0 fully saturated rings. The van der Waals surface area contributed by atoms with E-state index in [1.165, 1.54) is 16.7 Å². The van der Waals surface area contributed by atoms with Crippen LogP contribution in [0.2, 0.25) is 0 Å². The molecule has 0 atom stereocenters. The summed E-state index contributed by atoms with van der Waals surface area (Å²) in [4.78, 5) is 0. The molecule has 1 aromatic rings. The van der Waals surface area contributed by atoms with Gasteiger partial charge in [-0.2, -0.15) is 0 Å². The number of ether oxygens (including phenoxy) is 2. The average Bonchev–Trinajstić information content (AvgIpc) is 2.24. The van der Waals surface area contributed by atoms with Gasteiger partial charge < -0.3 is 15.2 Å². The fraction of sp³-hybridized carbons (Fsp3) is 0.538. The van der Waals surface area contributed by atoms with Crippen molar-refractivity contribution >= 4 is 0 Å². The van der Waals surface area contributed by atoms with Crippen LogP contribution < -0.4 is 10.5 Å². The van der Waals surface area contributed by atoms with Crippen molar-refractivity contribution < 1.29 is 9.47 Å². The highest BCUT2D eigenvalue weighted by molar-refractivity contribution is 5.41. The Morgan fingerprint density at radius 2 is 1.81 bits per heavy atom. The molecule has 0 heterocycles. The minimum Gasteiger partial charge on any atom is -0.491 e. The first-order chi connectivity index (χ1) is 7.65. The Labute approximate surface area is 97.6 Å². The molecule has 90 valence electrons. The van der Waals surface area contributed by atoms with E-state index >= 15 is 0 Å². The Kier molecular flexibility index (Phi) is 5.29. The molecule has 16 heavy (non-hydrogen) atoms. The zero-order chi connectivity index (χ0) is 12.0. The standard InChI is InChI=1S/C13H21NO2/c1-10-8-11(2)12(3)13(9-10)16-7-6-15-5-4-14/h8-9H,4-7,14H2,1-3H3. The van der Waals surface area contributed by atoms with Gasteiger partial charge >= 0.3 is 0 Å². The molecule has 3 nitrogen and oxygen atoms in total. The lowest BCUT2D eigenvalue weighted by Gasteiger charge is -2.12. The molecular weight excluding hydrogens is 202 g/mol. The molecule has 3 heteroatoms. The van der Waals surface area contributed by atoms with Crippen molar-refractivity contribution in [1.29, 1.82) is 0 Å². The van der Waals surface area contributed by atoms with Crippen molar-refractivity contribution in [2.24, 2.45) is 5.73 Å². The Bertz CT molecular complexity index is 337. The molecule has 1 aromatic carbocycles. The Morgan fingerprint density at radius 3 is 2.50 bits per heavy atom. The fourth-order valence-electron chi connectivity index (χ4n) is 1.55. The topological polar surface area (TPSA) is 44.5 Å². The predicted molar refractivity (Wildman–Crippen MR) is 66.0 cm³/mol. The van der Waals surface area contributed by atoms with Crippen LogP contribution in [0.3, 0.4) is 0 Å². The van der Waals surface area contributed by atoms with Crippen LogP contribution in [-0.4, -0.2) is 26.4 Å². The van der Waals surface area contributed by atoms with Gasteiger partial charge in [0.2, 0.25) is 0 Å². The molecule has 0 bridgehead atoms. The van der Waals surface area contributed by atoms with E-state index in [0.717, 1.165) is 5.75 Å². The SMILES string of the molecule is Cc1cc(C)c(C)c(OCCOCCN)c1. The van der Waals surface area contributed by atoms with Crippen LogP contribution in [0.1, 0.15) is 16.7 Å². The van der Waals surface area contributed by atoms with E-state index in [2.05, 4.69) is 32.9 Å². The van der Waals surface area contributed by atoms with Crippen molar-refractivity contribution in [3.8, 4) is 5.75 Å². The second kappa shape index (κ2) is 6.51. The number of aryl methyl sites for hydroxylation is 2. The van der Waals surface area contributed by atoms with Crippen LogP contribution in [0.25, 0.3) is 0 Å². The first-order valence-corrected chi connectivity index (χ1v) is 5.63. The first-order valence-electron chi connectivity index (χ1n) is 5.63. The average molecular weight is 223 g/mol. The second-order valence-electron chi connectivity index (χ2n) is 3.95. The van der Waals surface area contributed by atoms with Crippen LogP contribution in [-0.2, 0) is 4.74 Å². The summed E-state index contributed by atoms with van der Waals surface area (Å²) in [6.45, 7) is 8.56. The summed E-state index contributed by atoms with van der Waals surface area (Å²) in [7, 11) is 0. The van der Waals surface area contributed by atoms with Gasteiger partial charge in [-0.05, 0) is 43.5 Å². The summed E-state index contributed by atoms with van der Waals surface area (Å²) in [6, 6.07) is 4.22. The lowest BCUT2D eigenvalue weighted by Crippen LogP contribution is -2.13. The van der Waals surface area contributed by atoms with Gasteiger partial charge in [0.25, 0.3) is 0 Å². The van der Waals surface area contributed by atoms with Gasteiger partial charge in [-0.25, -0.2) is 0 Å². The molecule has 2 N–H and O–H groups in total. The molecule has 0 saturated carbocycles. The maximum atomic E-state index is 5.68. The molecule has 0 aliphatic rings. The molecule has 0 amide bonds. The van der Waals surface area contributed by atoms with E-state index in [9.17, 15) is 0 Å². The van der Waals surface area contributed by atoms with E-state index in [1.807, 2.05) is 0 Å². The maximum absolute atomic E-state index is 5.68. The zero-order valence-corrected chi connectivity index (χ0v) is 10.4. The minimum absolute atomic E-state index is 0.558. The molecule has 0 aromatic heterocycles. The number of benzene rings is 1. The van der Waals surface area contributed by atoms with E-state index in [-0.39, 0.29) is 0 Å². The van der Waals surface area contributed by atoms with Gasteiger partial charge in [-0.1, -0.05) is 6.07 Å². The van der Waals surface area contributed by atoms with Crippen molar-refractivity contribution in [3.05, 3.63) is 28.8 Å². The van der Waals surface area contributed by atoms with Gasteiger partial charge in [0.1, 0.15) is 12.4 Å². The summed E-state index contributed by atoms with van der Waals surface area (Å²) in [5.74, 6) is 0.953. The third-order valence-corrected chi connectivity index (χ3v) is 2.51. The quantitative estimate of drug-likeness (QED) is 0.750. The maximum Gasteiger partial charge on any atom is 0.122 e. The summed E-state index contributed by atoms with van der Waals surface area (Å²) >= 11 is 0. The lowest BCUT2D eigenvalue weighted by atomic mass is 10.1. The molecule has 0 aliphatic carbocycles. The van der Waals surface area contributed by atoms with Crippen LogP contribution >= 0.6 is 0 Å². The lowest BCUT2D eigenvalue weighted by molar-refractivity contribution is 0.105. The Morgan fingerprint density at radius 1 is 1.06 bits per heavy atom. The molecule has 0 saturated heterocycles. The first kappa shape index (κ1) is 13.0. The van der Waals surface area contributed by atoms with Crippen molar-refractivity contribution in [3.63, 3.8) is 0 Å². The van der Waals surface area contributed by atoms with Crippen LogP contribution in [0.5, 0.6) is 5.75 Å².